The molecular weight excluding hydrogens is 416 g/mol. The lowest BCUT2D eigenvalue weighted by Crippen LogP contribution is -2.39. The molecule has 1 aliphatic rings. The van der Waals surface area contributed by atoms with Crippen molar-refractivity contribution in [1.82, 2.24) is 14.9 Å². The van der Waals surface area contributed by atoms with Crippen molar-refractivity contribution < 1.29 is 14.3 Å². The Balaban J connectivity index is 1.48. The van der Waals surface area contributed by atoms with Gasteiger partial charge in [0.05, 0.1) is 23.4 Å². The average molecular weight is 445 g/mol. The van der Waals surface area contributed by atoms with Gasteiger partial charge in [-0.1, -0.05) is 30.3 Å². The second kappa shape index (κ2) is 10.3. The van der Waals surface area contributed by atoms with Crippen LogP contribution in [0.15, 0.2) is 60.8 Å². The minimum atomic E-state index is -0.238. The lowest BCUT2D eigenvalue weighted by Gasteiger charge is -2.32. The van der Waals surface area contributed by atoms with Gasteiger partial charge in [-0.25, -0.2) is 9.97 Å². The number of piperidine rings is 1. The van der Waals surface area contributed by atoms with Crippen molar-refractivity contribution in [2.75, 3.05) is 25.0 Å². The van der Waals surface area contributed by atoms with Crippen molar-refractivity contribution in [2.24, 2.45) is 0 Å². The van der Waals surface area contributed by atoms with Crippen molar-refractivity contribution in [2.45, 2.75) is 32.6 Å². The first-order valence-electron chi connectivity index (χ1n) is 11.3. The van der Waals surface area contributed by atoms with Gasteiger partial charge in [-0.05, 0) is 51.0 Å². The summed E-state index contributed by atoms with van der Waals surface area (Å²) in [5.74, 6) is 1.01. The van der Waals surface area contributed by atoms with E-state index in [9.17, 15) is 9.59 Å². The zero-order chi connectivity index (χ0) is 23.2. The van der Waals surface area contributed by atoms with Crippen LogP contribution in [0.2, 0.25) is 0 Å². The molecule has 1 aliphatic heterocycles. The van der Waals surface area contributed by atoms with E-state index in [0.29, 0.717) is 48.1 Å². The number of carbonyl (C=O) groups excluding carboxylic acids is 2. The molecule has 0 saturated carbocycles. The van der Waals surface area contributed by atoms with E-state index in [0.717, 1.165) is 18.5 Å². The van der Waals surface area contributed by atoms with Gasteiger partial charge in [-0.3, -0.25) is 9.59 Å². The molecule has 1 fully saturated rings. The molecule has 4 rings (SSSR count). The minimum absolute atomic E-state index is 0.0203. The highest BCUT2D eigenvalue weighted by molar-refractivity contribution is 6.04. The van der Waals surface area contributed by atoms with E-state index in [1.807, 2.05) is 67.3 Å². The highest BCUT2D eigenvalue weighted by atomic mass is 16.5. The standard InChI is InChI=1S/C26H28N4O3/c1-3-33-23-14-8-7-13-21(23)26(32)30-15-9-10-19(17-30)24-27-16-22(18(2)28-24)25(31)29-20-11-5-4-6-12-20/h4-8,11-14,16,19H,3,9-10,15,17H2,1-2H3,(H,29,31). The molecule has 1 atom stereocenters. The van der Waals surface area contributed by atoms with E-state index >= 15 is 0 Å². The molecule has 0 spiro atoms. The first kappa shape index (κ1) is 22.5. The fraction of sp³-hybridized carbons (Fsp3) is 0.308. The number of anilines is 1. The number of hydrogen-bond acceptors (Lipinski definition) is 5. The number of hydrogen-bond donors (Lipinski definition) is 1. The molecule has 7 nitrogen and oxygen atoms in total. The highest BCUT2D eigenvalue weighted by Crippen LogP contribution is 2.28. The molecule has 0 aliphatic carbocycles. The third-order valence-corrected chi connectivity index (χ3v) is 5.77. The fourth-order valence-corrected chi connectivity index (χ4v) is 4.09. The van der Waals surface area contributed by atoms with Crippen molar-refractivity contribution >= 4 is 17.5 Å². The van der Waals surface area contributed by atoms with Gasteiger partial charge in [-0.2, -0.15) is 0 Å². The second-order valence-corrected chi connectivity index (χ2v) is 8.07. The molecule has 0 bridgehead atoms. The predicted octanol–water partition coefficient (Wildman–Crippen LogP) is 4.46. The van der Waals surface area contributed by atoms with Crippen LogP contribution in [0.3, 0.4) is 0 Å². The van der Waals surface area contributed by atoms with Gasteiger partial charge in [0.2, 0.25) is 0 Å². The van der Waals surface area contributed by atoms with Crippen LogP contribution in [-0.2, 0) is 0 Å². The third kappa shape index (κ3) is 5.19. The van der Waals surface area contributed by atoms with Crippen LogP contribution in [0.1, 0.15) is 57.9 Å². The summed E-state index contributed by atoms with van der Waals surface area (Å²) in [6, 6.07) is 16.6. The first-order valence-corrected chi connectivity index (χ1v) is 11.3. The topological polar surface area (TPSA) is 84.4 Å². The van der Waals surface area contributed by atoms with Crippen molar-refractivity contribution in [3.05, 3.63) is 83.4 Å². The van der Waals surface area contributed by atoms with Crippen LogP contribution in [0, 0.1) is 6.92 Å². The Kier molecular flexibility index (Phi) is 6.98. The summed E-state index contributed by atoms with van der Waals surface area (Å²) in [6.45, 7) is 5.45. The summed E-state index contributed by atoms with van der Waals surface area (Å²) in [5.41, 5.74) is 2.36. The van der Waals surface area contributed by atoms with E-state index in [2.05, 4.69) is 15.3 Å². The molecule has 2 aromatic carbocycles. The third-order valence-electron chi connectivity index (χ3n) is 5.77. The largest absolute Gasteiger partial charge is 0.493 e. The number of benzene rings is 2. The molecule has 1 saturated heterocycles. The van der Waals surface area contributed by atoms with Gasteiger partial charge < -0.3 is 15.0 Å². The molecule has 2 amide bonds. The molecule has 1 aromatic heterocycles. The van der Waals surface area contributed by atoms with Crippen molar-refractivity contribution in [3.63, 3.8) is 0 Å². The quantitative estimate of drug-likeness (QED) is 0.607. The van der Waals surface area contributed by atoms with Crippen LogP contribution in [0.4, 0.5) is 5.69 Å². The average Bonchev–Trinajstić information content (AvgIpc) is 2.85. The number of likely N-dealkylation sites (tertiary alicyclic amines) is 1. The molecule has 7 heteroatoms. The van der Waals surface area contributed by atoms with E-state index in [1.54, 1.807) is 12.3 Å². The number of amides is 2. The van der Waals surface area contributed by atoms with Gasteiger partial charge in [-0.15, -0.1) is 0 Å². The maximum absolute atomic E-state index is 13.2. The van der Waals surface area contributed by atoms with Crippen LogP contribution in [0.5, 0.6) is 5.75 Å². The monoisotopic (exact) mass is 444 g/mol. The Bertz CT molecular complexity index is 1130. The van der Waals surface area contributed by atoms with E-state index < -0.39 is 0 Å². The van der Waals surface area contributed by atoms with Crippen LogP contribution >= 0.6 is 0 Å². The number of aryl methyl sites for hydroxylation is 1. The Hall–Kier alpha value is -3.74. The molecule has 1 N–H and O–H groups in total. The molecule has 170 valence electrons. The molecule has 2 heterocycles. The Morgan fingerprint density at radius 1 is 1.09 bits per heavy atom. The summed E-state index contributed by atoms with van der Waals surface area (Å²) in [4.78, 5) is 36.8. The summed E-state index contributed by atoms with van der Waals surface area (Å²) >= 11 is 0. The smallest absolute Gasteiger partial charge is 0.259 e. The van der Waals surface area contributed by atoms with Gasteiger partial charge in [0, 0.05) is 30.9 Å². The number of nitrogens with one attached hydrogen (secondary N) is 1. The molecule has 33 heavy (non-hydrogen) atoms. The van der Waals surface area contributed by atoms with Crippen LogP contribution in [-0.4, -0.2) is 46.4 Å². The molecular formula is C26H28N4O3. The van der Waals surface area contributed by atoms with Crippen LogP contribution < -0.4 is 10.1 Å². The van der Waals surface area contributed by atoms with E-state index in [4.69, 9.17) is 4.74 Å². The molecule has 0 radical (unpaired) electrons. The second-order valence-electron chi connectivity index (χ2n) is 8.07. The van der Waals surface area contributed by atoms with Gasteiger partial charge in [0.15, 0.2) is 0 Å². The fourth-order valence-electron chi connectivity index (χ4n) is 4.09. The Labute approximate surface area is 193 Å². The maximum atomic E-state index is 13.2. The normalized spacial score (nSPS) is 15.7. The minimum Gasteiger partial charge on any atom is -0.493 e. The highest BCUT2D eigenvalue weighted by Gasteiger charge is 2.29. The lowest BCUT2D eigenvalue weighted by atomic mass is 9.96. The number of ether oxygens (including phenoxy) is 1. The number of nitrogens with zero attached hydrogens (tertiary/aromatic N) is 3. The number of para-hydroxylation sites is 2. The SMILES string of the molecule is CCOc1ccccc1C(=O)N1CCCC(c2ncc(C(=O)Nc3ccccc3)c(C)n2)C1. The number of rotatable bonds is 6. The number of aromatic nitrogens is 2. The van der Waals surface area contributed by atoms with Crippen molar-refractivity contribution in [3.8, 4) is 5.75 Å². The molecule has 1 unspecified atom stereocenters. The molecule has 3 aromatic rings. The van der Waals surface area contributed by atoms with E-state index in [-0.39, 0.29) is 17.7 Å². The van der Waals surface area contributed by atoms with E-state index in [1.165, 1.54) is 0 Å². The van der Waals surface area contributed by atoms with Gasteiger partial charge in [0.25, 0.3) is 11.8 Å². The zero-order valence-electron chi connectivity index (χ0n) is 19.0. The summed E-state index contributed by atoms with van der Waals surface area (Å²) in [6.07, 6.45) is 3.35. The van der Waals surface area contributed by atoms with Gasteiger partial charge >= 0.3 is 0 Å². The van der Waals surface area contributed by atoms with Crippen LogP contribution in [0.25, 0.3) is 0 Å². The van der Waals surface area contributed by atoms with Crippen molar-refractivity contribution in [1.29, 1.82) is 0 Å². The summed E-state index contributed by atoms with van der Waals surface area (Å²) in [5, 5.41) is 2.87. The Morgan fingerprint density at radius 2 is 1.85 bits per heavy atom. The summed E-state index contributed by atoms with van der Waals surface area (Å²) in [7, 11) is 0. The Morgan fingerprint density at radius 3 is 2.61 bits per heavy atom. The maximum Gasteiger partial charge on any atom is 0.259 e. The predicted molar refractivity (Wildman–Crippen MR) is 127 cm³/mol. The summed E-state index contributed by atoms with van der Waals surface area (Å²) < 4.78 is 5.64. The lowest BCUT2D eigenvalue weighted by molar-refractivity contribution is 0.0700. The number of carbonyl (C=O) groups is 2. The first-order chi connectivity index (χ1) is 16.1. The van der Waals surface area contributed by atoms with Gasteiger partial charge in [0.1, 0.15) is 11.6 Å². The zero-order valence-corrected chi connectivity index (χ0v) is 19.0.